The van der Waals surface area contributed by atoms with E-state index < -0.39 is 17.5 Å². The maximum absolute atomic E-state index is 13.2. The Labute approximate surface area is 148 Å². The Balaban J connectivity index is 1.61. The van der Waals surface area contributed by atoms with Gasteiger partial charge in [-0.05, 0) is 32.0 Å². The Morgan fingerprint density at radius 3 is 2.72 bits per heavy atom. The highest BCUT2D eigenvalue weighted by atomic mass is 32.1. The van der Waals surface area contributed by atoms with Crippen LogP contribution in [0.3, 0.4) is 0 Å². The number of benzene rings is 1. The van der Waals surface area contributed by atoms with Crippen molar-refractivity contribution < 1.29 is 18.3 Å². The molecule has 8 heteroatoms. The molecule has 134 valence electrons. The normalized spacial score (nSPS) is 21.3. The van der Waals surface area contributed by atoms with Crippen LogP contribution in [0.25, 0.3) is 0 Å². The predicted molar refractivity (Wildman–Crippen MR) is 91.7 cm³/mol. The van der Waals surface area contributed by atoms with Crippen molar-refractivity contribution in [1.29, 1.82) is 0 Å². The Bertz CT molecular complexity index is 758. The summed E-state index contributed by atoms with van der Waals surface area (Å²) in [4.78, 5) is 18.8. The molecule has 0 radical (unpaired) electrons. The van der Waals surface area contributed by atoms with Gasteiger partial charge in [0.15, 0.2) is 16.8 Å². The molecule has 3 rings (SSSR count). The van der Waals surface area contributed by atoms with Gasteiger partial charge in [0, 0.05) is 30.6 Å². The second-order valence-electron chi connectivity index (χ2n) is 6.18. The van der Waals surface area contributed by atoms with Gasteiger partial charge < -0.3 is 4.74 Å². The molecule has 1 N–H and O–H groups in total. The molecule has 0 spiro atoms. The van der Waals surface area contributed by atoms with Crippen LogP contribution in [0, 0.1) is 11.6 Å². The first-order chi connectivity index (χ1) is 11.9. The summed E-state index contributed by atoms with van der Waals surface area (Å²) in [5, 5.41) is 4.93. The number of carbonyl (C=O) groups excluding carboxylic acids is 1. The molecular formula is C17H19F2N3O2S. The summed E-state index contributed by atoms with van der Waals surface area (Å²) in [6.07, 6.45) is 0.352. The van der Waals surface area contributed by atoms with E-state index in [4.69, 9.17) is 4.74 Å². The van der Waals surface area contributed by atoms with Gasteiger partial charge in [-0.2, -0.15) is 0 Å². The molecule has 2 unspecified atom stereocenters. The molecule has 2 heterocycles. The summed E-state index contributed by atoms with van der Waals surface area (Å²) < 4.78 is 31.9. The maximum Gasteiger partial charge on any atom is 0.257 e. The molecule has 1 aliphatic heterocycles. The van der Waals surface area contributed by atoms with Crippen LogP contribution in [0.2, 0.25) is 0 Å². The standard InChI is InChI=1S/C17H19F2N3O2S/c1-10-6-22(7-11(2)24-10)8-13-9-25-17(20-13)21-16(23)12-3-4-14(18)15(19)5-12/h3-5,9-11H,6-8H2,1-2H3,(H,20,21,23). The van der Waals surface area contributed by atoms with Crippen LogP contribution in [0.15, 0.2) is 23.6 Å². The fourth-order valence-corrected chi connectivity index (χ4v) is 3.58. The Hall–Kier alpha value is -1.90. The number of carbonyl (C=O) groups is 1. The number of hydrogen-bond acceptors (Lipinski definition) is 5. The summed E-state index contributed by atoms with van der Waals surface area (Å²) in [5.41, 5.74) is 0.901. The number of halogens is 2. The van der Waals surface area contributed by atoms with Gasteiger partial charge in [-0.15, -0.1) is 11.3 Å². The van der Waals surface area contributed by atoms with Gasteiger partial charge in [-0.25, -0.2) is 13.8 Å². The quantitative estimate of drug-likeness (QED) is 0.901. The van der Waals surface area contributed by atoms with E-state index in [0.29, 0.717) is 11.7 Å². The lowest BCUT2D eigenvalue weighted by Gasteiger charge is -2.34. The van der Waals surface area contributed by atoms with Crippen molar-refractivity contribution in [1.82, 2.24) is 9.88 Å². The molecule has 1 saturated heterocycles. The van der Waals surface area contributed by atoms with Crippen molar-refractivity contribution >= 4 is 22.4 Å². The molecule has 1 aromatic carbocycles. The lowest BCUT2D eigenvalue weighted by molar-refractivity contribution is -0.0707. The lowest BCUT2D eigenvalue weighted by Crippen LogP contribution is -2.44. The van der Waals surface area contributed by atoms with Gasteiger partial charge in [0.1, 0.15) is 0 Å². The van der Waals surface area contributed by atoms with Crippen molar-refractivity contribution in [2.75, 3.05) is 18.4 Å². The van der Waals surface area contributed by atoms with Gasteiger partial charge in [0.05, 0.1) is 17.9 Å². The average Bonchev–Trinajstić information content (AvgIpc) is 2.95. The minimum absolute atomic E-state index is 0.0477. The van der Waals surface area contributed by atoms with Crippen LogP contribution in [-0.4, -0.2) is 41.1 Å². The molecule has 1 amide bonds. The number of hydrogen-bond donors (Lipinski definition) is 1. The summed E-state index contributed by atoms with van der Waals surface area (Å²) >= 11 is 1.30. The number of aromatic nitrogens is 1. The fraction of sp³-hybridized carbons (Fsp3) is 0.412. The van der Waals surface area contributed by atoms with Crippen molar-refractivity contribution in [3.63, 3.8) is 0 Å². The first kappa shape index (κ1) is 17.9. The van der Waals surface area contributed by atoms with E-state index in [9.17, 15) is 13.6 Å². The third-order valence-corrected chi connectivity index (χ3v) is 4.64. The monoisotopic (exact) mass is 367 g/mol. The second kappa shape index (κ2) is 7.55. The highest BCUT2D eigenvalue weighted by Gasteiger charge is 2.23. The van der Waals surface area contributed by atoms with Crippen LogP contribution in [0.4, 0.5) is 13.9 Å². The van der Waals surface area contributed by atoms with Crippen LogP contribution >= 0.6 is 11.3 Å². The van der Waals surface area contributed by atoms with Crippen LogP contribution in [-0.2, 0) is 11.3 Å². The van der Waals surface area contributed by atoms with Crippen LogP contribution in [0.1, 0.15) is 29.9 Å². The number of amides is 1. The van der Waals surface area contributed by atoms with Crippen molar-refractivity contribution in [2.24, 2.45) is 0 Å². The molecule has 1 aliphatic rings. The average molecular weight is 367 g/mol. The molecule has 0 aliphatic carbocycles. The third-order valence-electron chi connectivity index (χ3n) is 3.83. The van der Waals surface area contributed by atoms with E-state index >= 15 is 0 Å². The van der Waals surface area contributed by atoms with Gasteiger partial charge in [0.2, 0.25) is 0 Å². The zero-order valence-electron chi connectivity index (χ0n) is 14.0. The van der Waals surface area contributed by atoms with Crippen molar-refractivity contribution in [3.05, 3.63) is 46.5 Å². The summed E-state index contributed by atoms with van der Waals surface area (Å²) in [6, 6.07) is 3.03. The van der Waals surface area contributed by atoms with E-state index in [-0.39, 0.29) is 17.8 Å². The molecule has 25 heavy (non-hydrogen) atoms. The maximum atomic E-state index is 13.2. The number of nitrogens with zero attached hydrogens (tertiary/aromatic N) is 2. The Morgan fingerprint density at radius 1 is 1.32 bits per heavy atom. The molecule has 1 fully saturated rings. The fourth-order valence-electron chi connectivity index (χ4n) is 2.89. The van der Waals surface area contributed by atoms with E-state index in [1.807, 2.05) is 19.2 Å². The number of rotatable bonds is 4. The predicted octanol–water partition coefficient (Wildman–Crippen LogP) is 3.28. The topological polar surface area (TPSA) is 54.5 Å². The van der Waals surface area contributed by atoms with Gasteiger partial charge in [-0.1, -0.05) is 0 Å². The summed E-state index contributed by atoms with van der Waals surface area (Å²) in [5.74, 6) is -2.56. The first-order valence-electron chi connectivity index (χ1n) is 7.99. The smallest absolute Gasteiger partial charge is 0.257 e. The van der Waals surface area contributed by atoms with Crippen molar-refractivity contribution in [3.8, 4) is 0 Å². The second-order valence-corrected chi connectivity index (χ2v) is 7.04. The number of ether oxygens (including phenoxy) is 1. The van der Waals surface area contributed by atoms with E-state index in [2.05, 4.69) is 15.2 Å². The highest BCUT2D eigenvalue weighted by Crippen LogP contribution is 2.20. The number of morpholine rings is 1. The van der Waals surface area contributed by atoms with E-state index in [1.54, 1.807) is 0 Å². The summed E-state index contributed by atoms with van der Waals surface area (Å²) in [6.45, 7) is 6.42. The summed E-state index contributed by atoms with van der Waals surface area (Å²) in [7, 11) is 0. The lowest BCUT2D eigenvalue weighted by atomic mass is 10.2. The highest BCUT2D eigenvalue weighted by molar-refractivity contribution is 7.13. The molecule has 2 atom stereocenters. The largest absolute Gasteiger partial charge is 0.373 e. The number of anilines is 1. The van der Waals surface area contributed by atoms with Crippen LogP contribution < -0.4 is 5.32 Å². The molecule has 5 nitrogen and oxygen atoms in total. The third kappa shape index (κ3) is 4.59. The first-order valence-corrected chi connectivity index (χ1v) is 8.87. The zero-order valence-corrected chi connectivity index (χ0v) is 14.8. The Kier molecular flexibility index (Phi) is 5.41. The molecule has 1 aromatic heterocycles. The minimum Gasteiger partial charge on any atom is -0.373 e. The van der Waals surface area contributed by atoms with Crippen LogP contribution in [0.5, 0.6) is 0 Å². The van der Waals surface area contributed by atoms with E-state index in [1.165, 1.54) is 17.4 Å². The number of nitrogens with one attached hydrogen (secondary N) is 1. The Morgan fingerprint density at radius 2 is 2.04 bits per heavy atom. The molecule has 0 saturated carbocycles. The molecule has 0 bridgehead atoms. The van der Waals surface area contributed by atoms with Gasteiger partial charge >= 0.3 is 0 Å². The minimum atomic E-state index is -1.05. The number of thiazole rings is 1. The van der Waals surface area contributed by atoms with E-state index in [0.717, 1.165) is 30.9 Å². The molecule has 2 aromatic rings. The van der Waals surface area contributed by atoms with Crippen molar-refractivity contribution in [2.45, 2.75) is 32.6 Å². The van der Waals surface area contributed by atoms with Gasteiger partial charge in [-0.3, -0.25) is 15.0 Å². The molecular weight excluding hydrogens is 348 g/mol. The van der Waals surface area contributed by atoms with Gasteiger partial charge in [0.25, 0.3) is 5.91 Å². The SMILES string of the molecule is CC1CN(Cc2csc(NC(=O)c3ccc(F)c(F)c3)n2)CC(C)O1. The zero-order chi connectivity index (χ0) is 18.0.